The number of hydrogen-bond acceptors (Lipinski definition) is 6. The Morgan fingerprint density at radius 1 is 1.10 bits per heavy atom. The molecule has 0 aliphatic heterocycles. The van der Waals surface area contributed by atoms with Crippen molar-refractivity contribution in [1.29, 1.82) is 0 Å². The zero-order chi connectivity index (χ0) is 22.0. The van der Waals surface area contributed by atoms with Gasteiger partial charge in [-0.3, -0.25) is 0 Å². The molecule has 1 aliphatic rings. The SMILES string of the molecule is CC(C)c1ccccc1-c1cc(OCC2CC2)nc(NS(=O)(=O)c2cccc(N)c2)n1. The summed E-state index contributed by atoms with van der Waals surface area (Å²) in [5.41, 5.74) is 8.74. The third-order valence-corrected chi connectivity index (χ3v) is 6.45. The predicted octanol–water partition coefficient (Wildman–Crippen LogP) is 4.44. The van der Waals surface area contributed by atoms with Gasteiger partial charge in [0.1, 0.15) is 0 Å². The van der Waals surface area contributed by atoms with Gasteiger partial charge in [0.05, 0.1) is 17.2 Å². The van der Waals surface area contributed by atoms with Crippen molar-refractivity contribution < 1.29 is 13.2 Å². The second kappa shape index (κ2) is 8.55. The Kier molecular flexibility index (Phi) is 5.82. The molecule has 1 fully saturated rings. The van der Waals surface area contributed by atoms with Crippen LogP contribution in [0.1, 0.15) is 38.2 Å². The van der Waals surface area contributed by atoms with E-state index in [1.54, 1.807) is 18.2 Å². The van der Waals surface area contributed by atoms with Crippen LogP contribution >= 0.6 is 0 Å². The fourth-order valence-electron chi connectivity index (χ4n) is 3.26. The Bertz CT molecular complexity index is 1190. The summed E-state index contributed by atoms with van der Waals surface area (Å²) in [6.07, 6.45) is 2.28. The number of nitrogen functional groups attached to an aromatic ring is 1. The quantitative estimate of drug-likeness (QED) is 0.504. The number of anilines is 2. The Balaban J connectivity index is 1.73. The summed E-state index contributed by atoms with van der Waals surface area (Å²) in [5.74, 6) is 1.12. The second-order valence-electron chi connectivity index (χ2n) is 8.09. The van der Waals surface area contributed by atoms with Gasteiger partial charge in [0.25, 0.3) is 10.0 Å². The van der Waals surface area contributed by atoms with Crippen LogP contribution in [0.2, 0.25) is 0 Å². The summed E-state index contributed by atoms with van der Waals surface area (Å²) in [6.45, 7) is 4.77. The standard InChI is InChI=1S/C23H26N4O3S/c1-15(2)19-8-3-4-9-20(19)21-13-22(30-14-16-10-11-16)26-23(25-21)27-31(28,29)18-7-5-6-17(24)12-18/h3-9,12-13,15-16H,10-11,14,24H2,1-2H3,(H,25,26,27). The maximum Gasteiger partial charge on any atom is 0.264 e. The first-order valence-electron chi connectivity index (χ1n) is 10.3. The normalized spacial score (nSPS) is 13.9. The average molecular weight is 439 g/mol. The molecule has 7 nitrogen and oxygen atoms in total. The third-order valence-electron chi connectivity index (χ3n) is 5.12. The molecule has 0 radical (unpaired) electrons. The van der Waals surface area contributed by atoms with Crippen LogP contribution in [-0.2, 0) is 10.0 Å². The zero-order valence-corrected chi connectivity index (χ0v) is 18.4. The van der Waals surface area contributed by atoms with Gasteiger partial charge in [0, 0.05) is 17.3 Å². The van der Waals surface area contributed by atoms with Crippen molar-refractivity contribution in [2.75, 3.05) is 17.1 Å². The topological polar surface area (TPSA) is 107 Å². The second-order valence-corrected chi connectivity index (χ2v) is 9.77. The van der Waals surface area contributed by atoms with Crippen molar-refractivity contribution in [1.82, 2.24) is 9.97 Å². The molecule has 1 heterocycles. The first-order valence-corrected chi connectivity index (χ1v) is 11.8. The van der Waals surface area contributed by atoms with Gasteiger partial charge in [-0.15, -0.1) is 0 Å². The molecule has 0 saturated heterocycles. The van der Waals surface area contributed by atoms with Crippen LogP contribution in [0.3, 0.4) is 0 Å². The molecule has 3 aromatic rings. The van der Waals surface area contributed by atoms with Crippen LogP contribution in [-0.4, -0.2) is 25.0 Å². The maximum atomic E-state index is 12.9. The summed E-state index contributed by atoms with van der Waals surface area (Å²) < 4.78 is 34.1. The van der Waals surface area contributed by atoms with E-state index in [9.17, 15) is 8.42 Å². The highest BCUT2D eigenvalue weighted by Crippen LogP contribution is 2.32. The van der Waals surface area contributed by atoms with Crippen molar-refractivity contribution in [3.8, 4) is 17.1 Å². The van der Waals surface area contributed by atoms with Crippen molar-refractivity contribution in [2.45, 2.75) is 37.5 Å². The lowest BCUT2D eigenvalue weighted by atomic mass is 9.95. The van der Waals surface area contributed by atoms with E-state index >= 15 is 0 Å². The summed E-state index contributed by atoms with van der Waals surface area (Å²) in [4.78, 5) is 8.87. The molecule has 31 heavy (non-hydrogen) atoms. The smallest absolute Gasteiger partial charge is 0.264 e. The number of nitrogens with two attached hydrogens (primary N) is 1. The highest BCUT2D eigenvalue weighted by molar-refractivity contribution is 7.92. The minimum absolute atomic E-state index is 0.0377. The minimum Gasteiger partial charge on any atom is -0.477 e. The van der Waals surface area contributed by atoms with Gasteiger partial charge in [-0.2, -0.15) is 4.98 Å². The van der Waals surface area contributed by atoms with Crippen molar-refractivity contribution in [3.63, 3.8) is 0 Å². The van der Waals surface area contributed by atoms with Crippen LogP contribution < -0.4 is 15.2 Å². The fourth-order valence-corrected chi connectivity index (χ4v) is 4.26. The monoisotopic (exact) mass is 438 g/mol. The van der Waals surface area contributed by atoms with E-state index in [0.717, 1.165) is 24.0 Å². The zero-order valence-electron chi connectivity index (χ0n) is 17.6. The van der Waals surface area contributed by atoms with E-state index in [4.69, 9.17) is 10.5 Å². The molecule has 0 amide bonds. The van der Waals surface area contributed by atoms with Crippen molar-refractivity contribution in [2.24, 2.45) is 5.92 Å². The van der Waals surface area contributed by atoms with Crippen LogP contribution in [0.5, 0.6) is 5.88 Å². The molecule has 8 heteroatoms. The van der Waals surface area contributed by atoms with E-state index in [2.05, 4.69) is 28.5 Å². The third kappa shape index (κ3) is 5.14. The number of hydrogen-bond donors (Lipinski definition) is 2. The van der Waals surface area contributed by atoms with Gasteiger partial charge < -0.3 is 10.5 Å². The molecule has 3 N–H and O–H groups in total. The molecule has 0 atom stereocenters. The number of benzene rings is 2. The fraction of sp³-hybridized carbons (Fsp3) is 0.304. The van der Waals surface area contributed by atoms with Crippen LogP contribution in [0, 0.1) is 5.92 Å². The van der Waals surface area contributed by atoms with E-state index in [0.29, 0.717) is 29.8 Å². The Hall–Kier alpha value is -3.13. The number of nitrogens with one attached hydrogen (secondary N) is 1. The van der Waals surface area contributed by atoms with Gasteiger partial charge in [0.15, 0.2) is 0 Å². The molecule has 1 saturated carbocycles. The van der Waals surface area contributed by atoms with Gasteiger partial charge >= 0.3 is 0 Å². The van der Waals surface area contributed by atoms with Crippen LogP contribution in [0.4, 0.5) is 11.6 Å². The molecule has 1 aliphatic carbocycles. The molecular formula is C23H26N4O3S. The highest BCUT2D eigenvalue weighted by Gasteiger charge is 2.23. The lowest BCUT2D eigenvalue weighted by molar-refractivity contribution is 0.288. The molecule has 0 spiro atoms. The Labute approximate surface area is 182 Å². The number of nitrogens with zero attached hydrogens (tertiary/aromatic N) is 2. The highest BCUT2D eigenvalue weighted by atomic mass is 32.2. The van der Waals surface area contributed by atoms with E-state index in [1.165, 1.54) is 12.1 Å². The van der Waals surface area contributed by atoms with Gasteiger partial charge in [0.2, 0.25) is 11.8 Å². The molecule has 2 aromatic carbocycles. The molecule has 162 valence electrons. The van der Waals surface area contributed by atoms with Gasteiger partial charge in [-0.05, 0) is 48.4 Å². The predicted molar refractivity (Wildman–Crippen MR) is 121 cm³/mol. The average Bonchev–Trinajstić information content (AvgIpc) is 3.56. The molecule has 4 rings (SSSR count). The number of rotatable bonds is 8. The molecule has 0 bridgehead atoms. The minimum atomic E-state index is -3.91. The number of ether oxygens (including phenoxy) is 1. The number of aromatic nitrogens is 2. The summed E-state index contributed by atoms with van der Waals surface area (Å²) >= 11 is 0. The first kappa shape index (κ1) is 21.1. The van der Waals surface area contributed by atoms with Crippen molar-refractivity contribution in [3.05, 3.63) is 60.2 Å². The summed E-state index contributed by atoms with van der Waals surface area (Å²) in [7, 11) is -3.91. The lowest BCUT2D eigenvalue weighted by Crippen LogP contribution is -2.16. The molecular weight excluding hydrogens is 412 g/mol. The number of sulfonamides is 1. The van der Waals surface area contributed by atoms with Gasteiger partial charge in [-0.25, -0.2) is 18.1 Å². The maximum absolute atomic E-state index is 12.9. The molecule has 0 unspecified atom stereocenters. The molecule has 1 aromatic heterocycles. The van der Waals surface area contributed by atoms with E-state index in [1.807, 2.05) is 24.3 Å². The largest absolute Gasteiger partial charge is 0.477 e. The van der Waals surface area contributed by atoms with E-state index < -0.39 is 10.0 Å². The van der Waals surface area contributed by atoms with Crippen LogP contribution in [0.25, 0.3) is 11.3 Å². The Morgan fingerprint density at radius 2 is 1.87 bits per heavy atom. The Morgan fingerprint density at radius 3 is 2.58 bits per heavy atom. The summed E-state index contributed by atoms with van der Waals surface area (Å²) in [5, 5.41) is 0. The lowest BCUT2D eigenvalue weighted by Gasteiger charge is -2.15. The van der Waals surface area contributed by atoms with Crippen molar-refractivity contribution >= 4 is 21.7 Å². The van der Waals surface area contributed by atoms with E-state index in [-0.39, 0.29) is 16.8 Å². The summed E-state index contributed by atoms with van der Waals surface area (Å²) in [6, 6.07) is 15.8. The first-order chi connectivity index (χ1) is 14.8. The van der Waals surface area contributed by atoms with Crippen LogP contribution in [0.15, 0.2) is 59.5 Å². The van der Waals surface area contributed by atoms with Gasteiger partial charge in [-0.1, -0.05) is 44.2 Å².